The Hall–Kier alpha value is -8.75. The molecule has 5 aromatic heterocycles. The highest BCUT2D eigenvalue weighted by atomic mass is 16.3. The molecule has 13 aromatic rings. The van der Waals surface area contributed by atoms with Gasteiger partial charge in [-0.3, -0.25) is 0 Å². The van der Waals surface area contributed by atoms with Gasteiger partial charge in [0.25, 0.3) is 0 Å². The Morgan fingerprint density at radius 1 is 0.333 bits per heavy atom. The predicted octanol–water partition coefficient (Wildman–Crippen LogP) is 13.9. The van der Waals surface area contributed by atoms with E-state index in [1.807, 2.05) is 115 Å². The van der Waals surface area contributed by atoms with Gasteiger partial charge in [0.05, 0.1) is 16.6 Å². The molecule has 0 amide bonds. The van der Waals surface area contributed by atoms with Crippen LogP contribution in [0.15, 0.2) is 203 Å². The van der Waals surface area contributed by atoms with Crippen molar-refractivity contribution in [1.82, 2.24) is 29.5 Å². The van der Waals surface area contributed by atoms with Crippen LogP contribution in [0.5, 0.6) is 0 Å². The van der Waals surface area contributed by atoms with Crippen LogP contribution < -0.4 is 0 Å². The third-order valence-corrected chi connectivity index (χ3v) is 11.9. The first kappa shape index (κ1) is 35.0. The maximum absolute atomic E-state index is 6.83. The standard InChI is InChI=1S/C55H32N6O2/c1-4-17-33(18-5-1)48-51-49(37-24-11-13-31-44(37)62-51)57-55(56-48)41-28-14-25-38-47-40(27-16-32-45(47)63-50(38)41)54-59-52(34-19-6-2-7-20-34)58-53(60-54)39-26-15-30-43-46(39)36-23-10-12-29-42(36)61(43)35-21-8-3-9-22-35/h1-32H. The quantitative estimate of drug-likeness (QED) is 0.165. The minimum absolute atomic E-state index is 0.537. The Kier molecular flexibility index (Phi) is 7.74. The molecule has 0 saturated carbocycles. The normalized spacial score (nSPS) is 11.8. The Labute approximate surface area is 359 Å². The molecule has 5 heterocycles. The number of benzene rings is 8. The number of rotatable bonds is 6. The molecule has 13 rings (SSSR count). The van der Waals surface area contributed by atoms with Crippen LogP contribution >= 0.6 is 0 Å². The number of hydrogen-bond acceptors (Lipinski definition) is 7. The van der Waals surface area contributed by atoms with Gasteiger partial charge in [-0.25, -0.2) is 24.9 Å². The van der Waals surface area contributed by atoms with Crippen LogP contribution in [0, 0.1) is 0 Å². The highest BCUT2D eigenvalue weighted by Gasteiger charge is 2.24. The van der Waals surface area contributed by atoms with Crippen molar-refractivity contribution < 1.29 is 8.83 Å². The minimum Gasteiger partial charge on any atom is -0.455 e. The summed E-state index contributed by atoms with van der Waals surface area (Å²) in [5, 5.41) is 4.90. The highest BCUT2D eigenvalue weighted by molar-refractivity contribution is 6.17. The van der Waals surface area contributed by atoms with Gasteiger partial charge >= 0.3 is 0 Å². The zero-order valence-electron chi connectivity index (χ0n) is 33.5. The van der Waals surface area contributed by atoms with Gasteiger partial charge in [0.1, 0.15) is 28.0 Å². The summed E-state index contributed by atoms with van der Waals surface area (Å²) < 4.78 is 15.5. The molecule has 0 aliphatic rings. The SMILES string of the molecule is c1ccc(-c2nc(-c3cccc4oc5c(-c6nc(-c7ccccc7)c7oc8ccccc8c7n6)cccc5c34)nc(-c3cccc4c3c3ccccc3n4-c3ccccc3)n2)cc1. The molecule has 0 unspecified atom stereocenters. The highest BCUT2D eigenvalue weighted by Crippen LogP contribution is 2.43. The second kappa shape index (κ2) is 13.9. The maximum atomic E-state index is 6.83. The van der Waals surface area contributed by atoms with Crippen LogP contribution in [0.25, 0.3) is 128 Å². The summed E-state index contributed by atoms with van der Waals surface area (Å²) in [5.41, 5.74) is 11.8. The van der Waals surface area contributed by atoms with Gasteiger partial charge in [-0.1, -0.05) is 146 Å². The van der Waals surface area contributed by atoms with Crippen LogP contribution in [0.2, 0.25) is 0 Å². The number of fused-ring (bicyclic) bond motifs is 9. The van der Waals surface area contributed by atoms with E-state index in [-0.39, 0.29) is 0 Å². The van der Waals surface area contributed by atoms with E-state index in [0.717, 1.165) is 82.6 Å². The molecule has 0 atom stereocenters. The summed E-state index contributed by atoms with van der Waals surface area (Å²) >= 11 is 0. The molecule has 0 bridgehead atoms. The lowest BCUT2D eigenvalue weighted by atomic mass is 10.0. The van der Waals surface area contributed by atoms with E-state index < -0.39 is 0 Å². The third kappa shape index (κ3) is 5.52. The van der Waals surface area contributed by atoms with E-state index in [1.54, 1.807) is 0 Å². The van der Waals surface area contributed by atoms with Crippen molar-refractivity contribution >= 4 is 65.8 Å². The fourth-order valence-electron chi connectivity index (χ4n) is 9.11. The zero-order chi connectivity index (χ0) is 41.4. The molecule has 0 radical (unpaired) electrons. The molecule has 0 aliphatic carbocycles. The summed E-state index contributed by atoms with van der Waals surface area (Å²) in [6.45, 7) is 0. The first-order valence-corrected chi connectivity index (χ1v) is 20.8. The third-order valence-electron chi connectivity index (χ3n) is 11.9. The van der Waals surface area contributed by atoms with Gasteiger partial charge < -0.3 is 13.4 Å². The fraction of sp³-hybridized carbons (Fsp3) is 0. The molecule has 8 aromatic carbocycles. The Balaban J connectivity index is 1.05. The van der Waals surface area contributed by atoms with Crippen LogP contribution in [-0.2, 0) is 0 Å². The molecular weight excluding hydrogens is 777 g/mol. The monoisotopic (exact) mass is 808 g/mol. The lowest BCUT2D eigenvalue weighted by Crippen LogP contribution is -2.01. The van der Waals surface area contributed by atoms with Crippen molar-refractivity contribution in [1.29, 1.82) is 0 Å². The minimum atomic E-state index is 0.537. The first-order chi connectivity index (χ1) is 31.2. The average Bonchev–Trinajstić information content (AvgIpc) is 4.04. The second-order valence-electron chi connectivity index (χ2n) is 15.6. The number of hydrogen-bond donors (Lipinski definition) is 0. The van der Waals surface area contributed by atoms with Gasteiger partial charge in [0, 0.05) is 54.9 Å². The molecule has 0 aliphatic heterocycles. The van der Waals surface area contributed by atoms with Crippen LogP contribution in [-0.4, -0.2) is 29.5 Å². The van der Waals surface area contributed by atoms with Gasteiger partial charge in [0.15, 0.2) is 28.9 Å². The zero-order valence-corrected chi connectivity index (χ0v) is 33.5. The fourth-order valence-corrected chi connectivity index (χ4v) is 9.11. The van der Waals surface area contributed by atoms with Crippen LogP contribution in [0.3, 0.4) is 0 Å². The largest absolute Gasteiger partial charge is 0.455 e. The van der Waals surface area contributed by atoms with Crippen molar-refractivity contribution in [3.05, 3.63) is 194 Å². The van der Waals surface area contributed by atoms with E-state index in [2.05, 4.69) is 83.4 Å². The summed E-state index contributed by atoms with van der Waals surface area (Å²) in [6, 6.07) is 65.7. The lowest BCUT2D eigenvalue weighted by molar-refractivity contribution is 0.666. The Morgan fingerprint density at radius 2 is 0.873 bits per heavy atom. The van der Waals surface area contributed by atoms with E-state index in [0.29, 0.717) is 45.7 Å². The molecule has 294 valence electrons. The number of para-hydroxylation sites is 4. The van der Waals surface area contributed by atoms with E-state index in [4.69, 9.17) is 33.8 Å². The van der Waals surface area contributed by atoms with Crippen LogP contribution in [0.1, 0.15) is 0 Å². The predicted molar refractivity (Wildman–Crippen MR) is 251 cm³/mol. The van der Waals surface area contributed by atoms with Crippen LogP contribution in [0.4, 0.5) is 0 Å². The van der Waals surface area contributed by atoms with Gasteiger partial charge in [-0.2, -0.15) is 0 Å². The Bertz CT molecular complexity index is 3910. The molecule has 63 heavy (non-hydrogen) atoms. The molecule has 8 nitrogen and oxygen atoms in total. The molecule has 0 saturated heterocycles. The summed E-state index contributed by atoms with van der Waals surface area (Å²) in [6.07, 6.45) is 0. The molecule has 8 heteroatoms. The van der Waals surface area contributed by atoms with E-state index in [1.165, 1.54) is 0 Å². The van der Waals surface area contributed by atoms with Gasteiger partial charge in [-0.05, 0) is 48.5 Å². The van der Waals surface area contributed by atoms with Crippen molar-refractivity contribution in [2.75, 3.05) is 0 Å². The van der Waals surface area contributed by atoms with Crippen molar-refractivity contribution in [3.8, 4) is 62.5 Å². The average molecular weight is 809 g/mol. The summed E-state index contributed by atoms with van der Waals surface area (Å²) in [7, 11) is 0. The smallest absolute Gasteiger partial charge is 0.180 e. The van der Waals surface area contributed by atoms with Crippen molar-refractivity contribution in [3.63, 3.8) is 0 Å². The topological polar surface area (TPSA) is 95.7 Å². The molecule has 0 N–H and O–H groups in total. The molecule has 0 fully saturated rings. The van der Waals surface area contributed by atoms with Crippen molar-refractivity contribution in [2.45, 2.75) is 0 Å². The van der Waals surface area contributed by atoms with Crippen molar-refractivity contribution in [2.24, 2.45) is 0 Å². The molecular formula is C55H32N6O2. The maximum Gasteiger partial charge on any atom is 0.180 e. The second-order valence-corrected chi connectivity index (χ2v) is 15.6. The lowest BCUT2D eigenvalue weighted by Gasteiger charge is -2.11. The number of aromatic nitrogens is 6. The number of nitrogens with zero attached hydrogens (tertiary/aromatic N) is 6. The Morgan fingerprint density at radius 3 is 1.67 bits per heavy atom. The number of furan rings is 2. The molecule has 0 spiro atoms. The van der Waals surface area contributed by atoms with Gasteiger partial charge in [-0.15, -0.1) is 0 Å². The summed E-state index contributed by atoms with van der Waals surface area (Å²) in [5.74, 6) is 2.23. The van der Waals surface area contributed by atoms with E-state index in [9.17, 15) is 0 Å². The summed E-state index contributed by atoms with van der Waals surface area (Å²) in [4.78, 5) is 26.2. The first-order valence-electron chi connectivity index (χ1n) is 20.8. The van der Waals surface area contributed by atoms with E-state index >= 15 is 0 Å². The van der Waals surface area contributed by atoms with Gasteiger partial charge in [0.2, 0.25) is 0 Å².